The molecule has 0 fully saturated rings. The molecule has 0 saturated carbocycles. The first-order chi connectivity index (χ1) is 14.8. The SMILES string of the molecule is CN(Cc1ccccc1)S(=O)(=O)c1ccc(OCC(=O)Nc2ccc(F)c(Cl)c2)cc1. The molecule has 0 aliphatic heterocycles. The number of ether oxygens (including phenoxy) is 1. The van der Waals surface area contributed by atoms with Crippen LogP contribution in [0.25, 0.3) is 0 Å². The predicted molar refractivity (Wildman–Crippen MR) is 117 cm³/mol. The Morgan fingerprint density at radius 2 is 1.74 bits per heavy atom. The van der Waals surface area contributed by atoms with E-state index in [1.54, 1.807) is 0 Å². The number of hydrogen-bond acceptors (Lipinski definition) is 4. The molecular weight excluding hydrogens is 443 g/mol. The van der Waals surface area contributed by atoms with E-state index in [0.717, 1.165) is 11.6 Å². The quantitative estimate of drug-likeness (QED) is 0.541. The normalized spacial score (nSPS) is 11.4. The standard InChI is InChI=1S/C22H20ClFN2O4S/c1-26(14-16-5-3-2-4-6-16)31(28,29)19-10-8-18(9-11-19)30-15-22(27)25-17-7-12-21(24)20(23)13-17/h2-13H,14-15H2,1H3,(H,25,27). The van der Waals surface area contributed by atoms with Crippen LogP contribution in [-0.2, 0) is 21.4 Å². The number of rotatable bonds is 8. The third-order valence-electron chi connectivity index (χ3n) is 4.35. The van der Waals surface area contributed by atoms with Crippen molar-refractivity contribution in [2.75, 3.05) is 19.0 Å². The van der Waals surface area contributed by atoms with Gasteiger partial charge in [0, 0.05) is 19.3 Å². The summed E-state index contributed by atoms with van der Waals surface area (Å²) >= 11 is 5.68. The lowest BCUT2D eigenvalue weighted by molar-refractivity contribution is -0.118. The first-order valence-corrected chi connectivity index (χ1v) is 11.1. The number of amides is 1. The van der Waals surface area contributed by atoms with Crippen LogP contribution in [0.3, 0.4) is 0 Å². The second kappa shape index (κ2) is 9.91. The zero-order chi connectivity index (χ0) is 22.4. The molecule has 0 bridgehead atoms. The van der Waals surface area contributed by atoms with Gasteiger partial charge in [-0.1, -0.05) is 41.9 Å². The number of nitrogens with one attached hydrogen (secondary N) is 1. The van der Waals surface area contributed by atoms with E-state index < -0.39 is 21.7 Å². The Labute approximate surface area is 185 Å². The summed E-state index contributed by atoms with van der Waals surface area (Å²) in [4.78, 5) is 12.1. The Balaban J connectivity index is 1.57. The van der Waals surface area contributed by atoms with Gasteiger partial charge in [0.25, 0.3) is 5.91 Å². The van der Waals surface area contributed by atoms with Gasteiger partial charge in [-0.05, 0) is 48.0 Å². The molecule has 3 rings (SSSR count). The molecule has 31 heavy (non-hydrogen) atoms. The van der Waals surface area contributed by atoms with Crippen LogP contribution < -0.4 is 10.1 Å². The summed E-state index contributed by atoms with van der Waals surface area (Å²) in [5, 5.41) is 2.43. The highest BCUT2D eigenvalue weighted by Crippen LogP contribution is 2.21. The maximum Gasteiger partial charge on any atom is 0.262 e. The molecule has 0 spiro atoms. The molecule has 3 aromatic carbocycles. The first-order valence-electron chi connectivity index (χ1n) is 9.24. The highest BCUT2D eigenvalue weighted by atomic mass is 35.5. The van der Waals surface area contributed by atoms with E-state index in [1.165, 1.54) is 47.8 Å². The molecule has 1 N–H and O–H groups in total. The van der Waals surface area contributed by atoms with Crippen molar-refractivity contribution in [2.24, 2.45) is 0 Å². The fourth-order valence-corrected chi connectivity index (χ4v) is 4.07. The van der Waals surface area contributed by atoms with E-state index >= 15 is 0 Å². The fourth-order valence-electron chi connectivity index (χ4n) is 2.73. The Morgan fingerprint density at radius 3 is 2.39 bits per heavy atom. The maximum atomic E-state index is 13.2. The largest absolute Gasteiger partial charge is 0.484 e. The number of sulfonamides is 1. The molecule has 0 aromatic heterocycles. The molecule has 0 atom stereocenters. The summed E-state index contributed by atoms with van der Waals surface area (Å²) in [5.41, 5.74) is 1.21. The van der Waals surface area contributed by atoms with E-state index in [1.807, 2.05) is 30.3 Å². The van der Waals surface area contributed by atoms with Gasteiger partial charge in [0.15, 0.2) is 6.61 Å². The van der Waals surface area contributed by atoms with Crippen LogP contribution in [0.4, 0.5) is 10.1 Å². The van der Waals surface area contributed by atoms with Crippen molar-refractivity contribution in [3.05, 3.63) is 89.2 Å². The zero-order valence-electron chi connectivity index (χ0n) is 16.6. The number of hydrogen-bond donors (Lipinski definition) is 1. The van der Waals surface area contributed by atoms with E-state index in [-0.39, 0.29) is 23.1 Å². The van der Waals surface area contributed by atoms with Gasteiger partial charge >= 0.3 is 0 Å². The molecule has 0 radical (unpaired) electrons. The summed E-state index contributed by atoms with van der Waals surface area (Å²) in [6.07, 6.45) is 0. The average Bonchev–Trinajstić information content (AvgIpc) is 2.76. The third-order valence-corrected chi connectivity index (χ3v) is 6.46. The lowest BCUT2D eigenvalue weighted by Crippen LogP contribution is -2.26. The van der Waals surface area contributed by atoms with E-state index in [0.29, 0.717) is 11.4 Å². The van der Waals surface area contributed by atoms with Crippen LogP contribution >= 0.6 is 11.6 Å². The van der Waals surface area contributed by atoms with Crippen molar-refractivity contribution in [2.45, 2.75) is 11.4 Å². The molecule has 3 aromatic rings. The van der Waals surface area contributed by atoms with Crippen molar-refractivity contribution in [3.8, 4) is 5.75 Å². The summed E-state index contributed by atoms with van der Waals surface area (Å²) < 4.78 is 45.3. The van der Waals surface area contributed by atoms with Gasteiger partial charge in [-0.15, -0.1) is 0 Å². The Morgan fingerprint density at radius 1 is 1.06 bits per heavy atom. The van der Waals surface area contributed by atoms with Crippen LogP contribution in [0, 0.1) is 5.82 Å². The molecule has 1 amide bonds. The first kappa shape index (κ1) is 22.7. The maximum absolute atomic E-state index is 13.2. The summed E-state index contributed by atoms with van der Waals surface area (Å²) in [6.45, 7) is -0.0655. The monoisotopic (exact) mass is 462 g/mol. The molecule has 0 unspecified atom stereocenters. The lowest BCUT2D eigenvalue weighted by Gasteiger charge is -2.17. The highest BCUT2D eigenvalue weighted by Gasteiger charge is 2.21. The minimum Gasteiger partial charge on any atom is -0.484 e. The molecule has 6 nitrogen and oxygen atoms in total. The van der Waals surface area contributed by atoms with Crippen molar-refractivity contribution in [3.63, 3.8) is 0 Å². The minimum atomic E-state index is -3.68. The van der Waals surface area contributed by atoms with Crippen LogP contribution in [0.2, 0.25) is 5.02 Å². The molecule has 0 heterocycles. The van der Waals surface area contributed by atoms with Gasteiger partial charge in [0.2, 0.25) is 10.0 Å². The number of halogens is 2. The second-order valence-corrected chi connectivity index (χ2v) is 9.14. The van der Waals surface area contributed by atoms with Crippen LogP contribution in [-0.4, -0.2) is 32.3 Å². The highest BCUT2D eigenvalue weighted by molar-refractivity contribution is 7.89. The number of carbonyl (C=O) groups is 1. The molecule has 0 aliphatic carbocycles. The van der Waals surface area contributed by atoms with E-state index in [4.69, 9.17) is 16.3 Å². The number of anilines is 1. The van der Waals surface area contributed by atoms with Crippen LogP contribution in [0.5, 0.6) is 5.75 Å². The van der Waals surface area contributed by atoms with Gasteiger partial charge in [0.05, 0.1) is 9.92 Å². The number of benzene rings is 3. The summed E-state index contributed by atoms with van der Waals surface area (Å²) in [7, 11) is -2.17. The van der Waals surface area contributed by atoms with E-state index in [2.05, 4.69) is 5.32 Å². The second-order valence-electron chi connectivity index (χ2n) is 6.68. The van der Waals surface area contributed by atoms with Gasteiger partial charge < -0.3 is 10.1 Å². The average molecular weight is 463 g/mol. The van der Waals surface area contributed by atoms with Crippen molar-refractivity contribution < 1.29 is 22.3 Å². The van der Waals surface area contributed by atoms with Crippen LogP contribution in [0.15, 0.2) is 77.7 Å². The van der Waals surface area contributed by atoms with Crippen molar-refractivity contribution in [1.29, 1.82) is 0 Å². The topological polar surface area (TPSA) is 75.7 Å². The van der Waals surface area contributed by atoms with Gasteiger partial charge in [0.1, 0.15) is 11.6 Å². The van der Waals surface area contributed by atoms with Crippen molar-refractivity contribution >= 4 is 33.2 Å². The van der Waals surface area contributed by atoms with Gasteiger partial charge in [-0.25, -0.2) is 12.8 Å². The Kier molecular flexibility index (Phi) is 7.27. The Hall–Kier alpha value is -2.94. The zero-order valence-corrected chi connectivity index (χ0v) is 18.2. The third kappa shape index (κ3) is 6.04. The Bertz CT molecular complexity index is 1160. The molecule has 0 aliphatic rings. The van der Waals surface area contributed by atoms with Gasteiger partial charge in [-0.3, -0.25) is 4.79 Å². The molecule has 162 valence electrons. The van der Waals surface area contributed by atoms with Crippen molar-refractivity contribution in [1.82, 2.24) is 4.31 Å². The summed E-state index contributed by atoms with van der Waals surface area (Å²) in [6, 6.07) is 18.9. The number of carbonyl (C=O) groups excluding carboxylic acids is 1. The lowest BCUT2D eigenvalue weighted by atomic mass is 10.2. The smallest absolute Gasteiger partial charge is 0.262 e. The minimum absolute atomic E-state index is 0.104. The predicted octanol–water partition coefficient (Wildman–Crippen LogP) is 4.32. The fraction of sp³-hybridized carbons (Fsp3) is 0.136. The number of nitrogens with zero attached hydrogens (tertiary/aromatic N) is 1. The molecule has 9 heteroatoms. The van der Waals surface area contributed by atoms with E-state index in [9.17, 15) is 17.6 Å². The van der Waals surface area contributed by atoms with Gasteiger partial charge in [-0.2, -0.15) is 4.31 Å². The molecule has 0 saturated heterocycles. The van der Waals surface area contributed by atoms with Crippen LogP contribution in [0.1, 0.15) is 5.56 Å². The molecular formula is C22H20ClFN2O4S. The summed E-state index contributed by atoms with van der Waals surface area (Å²) in [5.74, 6) is -0.723.